The van der Waals surface area contributed by atoms with Crippen LogP contribution in [-0.2, 0) is 6.54 Å². The summed E-state index contributed by atoms with van der Waals surface area (Å²) in [4.78, 5) is 13.5. The van der Waals surface area contributed by atoms with Crippen LogP contribution in [0.25, 0.3) is 0 Å². The fourth-order valence-electron chi connectivity index (χ4n) is 1.83. The molecule has 4 heteroatoms. The molecule has 0 spiro atoms. The highest BCUT2D eigenvalue weighted by Crippen LogP contribution is 2.19. The standard InChI is InChI=1S/C16H20N2O2/c1-18(16(20)17-15-8-9-15)12-14-7-4-6-13(11-14)5-2-3-10-19/h4,6-7,11,15,19H,3,8-10,12H2,1H3,(H,17,20). The van der Waals surface area contributed by atoms with Crippen molar-refractivity contribution >= 4 is 6.03 Å². The zero-order chi connectivity index (χ0) is 14.4. The first-order chi connectivity index (χ1) is 9.69. The summed E-state index contributed by atoms with van der Waals surface area (Å²) in [6.45, 7) is 0.644. The highest BCUT2D eigenvalue weighted by molar-refractivity contribution is 5.74. The molecule has 0 unspecified atom stereocenters. The molecule has 0 bridgehead atoms. The lowest BCUT2D eigenvalue weighted by molar-refractivity contribution is 0.206. The van der Waals surface area contributed by atoms with E-state index in [1.165, 1.54) is 0 Å². The minimum atomic E-state index is -0.0238. The maximum Gasteiger partial charge on any atom is 0.317 e. The van der Waals surface area contributed by atoms with Crippen LogP contribution in [0, 0.1) is 11.8 Å². The summed E-state index contributed by atoms with van der Waals surface area (Å²) in [7, 11) is 1.79. The molecule has 0 aliphatic heterocycles. The molecule has 0 atom stereocenters. The molecule has 2 rings (SSSR count). The van der Waals surface area contributed by atoms with Gasteiger partial charge in [-0.25, -0.2) is 4.79 Å². The molecular formula is C16H20N2O2. The molecule has 0 saturated heterocycles. The first-order valence-electron chi connectivity index (χ1n) is 6.89. The van der Waals surface area contributed by atoms with Gasteiger partial charge in [-0.05, 0) is 30.5 Å². The maximum atomic E-state index is 11.9. The van der Waals surface area contributed by atoms with Gasteiger partial charge in [-0.1, -0.05) is 24.0 Å². The number of benzene rings is 1. The number of carbonyl (C=O) groups is 1. The van der Waals surface area contributed by atoms with Gasteiger partial charge in [0.15, 0.2) is 0 Å². The van der Waals surface area contributed by atoms with Crippen LogP contribution in [0.2, 0.25) is 0 Å². The lowest BCUT2D eigenvalue weighted by Gasteiger charge is -2.18. The van der Waals surface area contributed by atoms with E-state index in [9.17, 15) is 4.79 Å². The third kappa shape index (κ3) is 4.60. The van der Waals surface area contributed by atoms with Crippen LogP contribution in [-0.4, -0.2) is 35.7 Å². The third-order valence-electron chi connectivity index (χ3n) is 3.07. The summed E-state index contributed by atoms with van der Waals surface area (Å²) in [6, 6.07) is 8.18. The van der Waals surface area contributed by atoms with Crippen molar-refractivity contribution in [1.29, 1.82) is 0 Å². The molecule has 4 nitrogen and oxygen atoms in total. The van der Waals surface area contributed by atoms with Crippen molar-refractivity contribution in [2.24, 2.45) is 0 Å². The second-order valence-electron chi connectivity index (χ2n) is 5.06. The SMILES string of the molecule is CN(Cc1cccc(C#CCCO)c1)C(=O)NC1CC1. The summed E-state index contributed by atoms with van der Waals surface area (Å²) in [6.07, 6.45) is 2.67. The first kappa shape index (κ1) is 14.4. The molecule has 106 valence electrons. The Morgan fingerprint density at radius 2 is 2.30 bits per heavy atom. The van der Waals surface area contributed by atoms with Gasteiger partial charge in [-0.3, -0.25) is 0 Å². The lowest BCUT2D eigenvalue weighted by atomic mass is 10.1. The Hall–Kier alpha value is -1.99. The highest BCUT2D eigenvalue weighted by atomic mass is 16.2. The van der Waals surface area contributed by atoms with E-state index in [-0.39, 0.29) is 12.6 Å². The van der Waals surface area contributed by atoms with Gasteiger partial charge in [0.2, 0.25) is 0 Å². The van der Waals surface area contributed by atoms with Gasteiger partial charge in [-0.2, -0.15) is 0 Å². The Morgan fingerprint density at radius 3 is 3.00 bits per heavy atom. The third-order valence-corrected chi connectivity index (χ3v) is 3.07. The van der Waals surface area contributed by atoms with Crippen molar-refractivity contribution in [1.82, 2.24) is 10.2 Å². The smallest absolute Gasteiger partial charge is 0.317 e. The van der Waals surface area contributed by atoms with Crippen LogP contribution in [0.15, 0.2) is 24.3 Å². The molecule has 20 heavy (non-hydrogen) atoms. The van der Waals surface area contributed by atoms with E-state index in [0.29, 0.717) is 19.0 Å². The van der Waals surface area contributed by atoms with Gasteiger partial charge >= 0.3 is 6.03 Å². The van der Waals surface area contributed by atoms with Crippen LogP contribution in [0.3, 0.4) is 0 Å². The second kappa shape index (κ2) is 6.97. The Labute approximate surface area is 119 Å². The predicted molar refractivity (Wildman–Crippen MR) is 78.0 cm³/mol. The molecule has 1 aliphatic rings. The number of nitrogens with zero attached hydrogens (tertiary/aromatic N) is 1. The zero-order valence-corrected chi connectivity index (χ0v) is 11.7. The fourth-order valence-corrected chi connectivity index (χ4v) is 1.83. The minimum absolute atomic E-state index is 0.0238. The van der Waals surface area contributed by atoms with Crippen LogP contribution < -0.4 is 5.32 Å². The number of urea groups is 1. The lowest BCUT2D eigenvalue weighted by Crippen LogP contribution is -2.37. The Kier molecular flexibility index (Phi) is 5.03. The molecule has 0 radical (unpaired) electrons. The van der Waals surface area contributed by atoms with Gasteiger partial charge in [-0.15, -0.1) is 0 Å². The number of carbonyl (C=O) groups excluding carboxylic acids is 1. The highest BCUT2D eigenvalue weighted by Gasteiger charge is 2.24. The number of aliphatic hydroxyl groups excluding tert-OH is 1. The van der Waals surface area contributed by atoms with Crippen LogP contribution in [0.4, 0.5) is 4.79 Å². The van der Waals surface area contributed by atoms with Gasteiger partial charge in [0.1, 0.15) is 0 Å². The van der Waals surface area contributed by atoms with E-state index >= 15 is 0 Å². The van der Waals surface area contributed by atoms with Crippen molar-refractivity contribution in [2.75, 3.05) is 13.7 Å². The quantitative estimate of drug-likeness (QED) is 0.820. The maximum absolute atomic E-state index is 11.9. The molecule has 1 saturated carbocycles. The molecule has 1 aliphatic carbocycles. The second-order valence-corrected chi connectivity index (χ2v) is 5.06. The van der Waals surface area contributed by atoms with Gasteiger partial charge in [0, 0.05) is 31.6 Å². The predicted octanol–water partition coefficient (Wildman–Crippen LogP) is 1.72. The number of amides is 2. The molecule has 0 heterocycles. The fraction of sp³-hybridized carbons (Fsp3) is 0.438. The summed E-state index contributed by atoms with van der Waals surface area (Å²) < 4.78 is 0. The van der Waals surface area contributed by atoms with E-state index in [2.05, 4.69) is 17.2 Å². The normalized spacial score (nSPS) is 13.3. The topological polar surface area (TPSA) is 52.6 Å². The number of nitrogens with one attached hydrogen (secondary N) is 1. The number of hydrogen-bond donors (Lipinski definition) is 2. The molecular weight excluding hydrogens is 252 g/mol. The summed E-state index contributed by atoms with van der Waals surface area (Å²) >= 11 is 0. The average molecular weight is 272 g/mol. The monoisotopic (exact) mass is 272 g/mol. The zero-order valence-electron chi connectivity index (χ0n) is 11.7. The van der Waals surface area contributed by atoms with Gasteiger partial charge in [0.05, 0.1) is 6.61 Å². The minimum Gasteiger partial charge on any atom is -0.395 e. The number of aliphatic hydroxyl groups is 1. The van der Waals surface area contributed by atoms with Crippen LogP contribution >= 0.6 is 0 Å². The molecule has 0 aromatic heterocycles. The van der Waals surface area contributed by atoms with Crippen LogP contribution in [0.1, 0.15) is 30.4 Å². The molecule has 1 aromatic carbocycles. The van der Waals surface area contributed by atoms with E-state index in [0.717, 1.165) is 24.0 Å². The molecule has 1 aromatic rings. The van der Waals surface area contributed by atoms with E-state index in [1.54, 1.807) is 11.9 Å². The first-order valence-corrected chi connectivity index (χ1v) is 6.89. The largest absolute Gasteiger partial charge is 0.395 e. The Morgan fingerprint density at radius 1 is 1.50 bits per heavy atom. The van der Waals surface area contributed by atoms with Gasteiger partial charge in [0.25, 0.3) is 0 Å². The molecule has 2 N–H and O–H groups in total. The van der Waals surface area contributed by atoms with Gasteiger partial charge < -0.3 is 15.3 Å². The summed E-state index contributed by atoms with van der Waals surface area (Å²) in [5.41, 5.74) is 1.96. The number of rotatable bonds is 4. The Bertz CT molecular complexity index is 527. The van der Waals surface area contributed by atoms with E-state index in [1.807, 2.05) is 24.3 Å². The Balaban J connectivity index is 1.93. The van der Waals surface area contributed by atoms with Crippen molar-refractivity contribution in [3.8, 4) is 11.8 Å². The van der Waals surface area contributed by atoms with E-state index in [4.69, 9.17) is 5.11 Å². The van der Waals surface area contributed by atoms with Crippen LogP contribution in [0.5, 0.6) is 0 Å². The number of hydrogen-bond acceptors (Lipinski definition) is 2. The van der Waals surface area contributed by atoms with Crippen molar-refractivity contribution < 1.29 is 9.90 Å². The summed E-state index contributed by atoms with van der Waals surface area (Å²) in [5, 5.41) is 11.7. The summed E-state index contributed by atoms with van der Waals surface area (Å²) in [5.74, 6) is 5.90. The van der Waals surface area contributed by atoms with E-state index < -0.39 is 0 Å². The molecule has 2 amide bonds. The average Bonchev–Trinajstić information content (AvgIpc) is 3.23. The van der Waals surface area contributed by atoms with Crippen molar-refractivity contribution in [3.05, 3.63) is 35.4 Å². The van der Waals surface area contributed by atoms with Crippen molar-refractivity contribution in [2.45, 2.75) is 31.8 Å². The molecule has 1 fully saturated rings. The van der Waals surface area contributed by atoms with Crippen molar-refractivity contribution in [3.63, 3.8) is 0 Å².